The molecule has 0 aromatic carbocycles. The quantitative estimate of drug-likeness (QED) is 0.763. The fraction of sp³-hybridized carbons (Fsp3) is 1.00. The monoisotopic (exact) mass is 238 g/mol. The van der Waals surface area contributed by atoms with Crippen LogP contribution >= 0.6 is 0 Å². The number of rotatable bonds is 4. The van der Waals surface area contributed by atoms with Crippen molar-refractivity contribution in [3.8, 4) is 0 Å². The molecule has 0 aromatic rings. The fourth-order valence-electron chi connectivity index (χ4n) is 2.23. The Bertz CT molecular complexity index is 206. The highest BCUT2D eigenvalue weighted by Gasteiger charge is 2.27. The Morgan fingerprint density at radius 1 is 1.31 bits per heavy atom. The molecule has 1 rings (SSSR count). The van der Waals surface area contributed by atoms with Gasteiger partial charge in [0.15, 0.2) is 0 Å². The minimum absolute atomic E-state index is 0.235. The Balaban J connectivity index is 2.13. The van der Waals surface area contributed by atoms with Crippen molar-refractivity contribution in [3.63, 3.8) is 0 Å². The van der Waals surface area contributed by atoms with Gasteiger partial charge in [-0.25, -0.2) is 0 Å². The molecule has 1 saturated heterocycles. The number of nitrogens with zero attached hydrogens (tertiary/aromatic N) is 1. The van der Waals surface area contributed by atoms with Gasteiger partial charge in [-0.15, -0.1) is 0 Å². The molecular weight excluding hydrogens is 217 g/mol. The zero-order valence-electron chi connectivity index (χ0n) is 9.76. The molecule has 2 N–H and O–H groups in total. The molecule has 1 aliphatic heterocycles. The van der Waals surface area contributed by atoms with E-state index in [1.807, 2.05) is 0 Å². The molecule has 96 valence electrons. The second-order valence-corrected chi connectivity index (χ2v) is 4.74. The summed E-state index contributed by atoms with van der Waals surface area (Å²) in [6.45, 7) is 3.79. The van der Waals surface area contributed by atoms with Crippen molar-refractivity contribution in [1.82, 2.24) is 4.90 Å². The SMILES string of the molecule is CC1CC(N)CCN1CCCCC(F)(F)F. The van der Waals surface area contributed by atoms with E-state index in [9.17, 15) is 13.2 Å². The van der Waals surface area contributed by atoms with E-state index in [0.717, 1.165) is 25.9 Å². The topological polar surface area (TPSA) is 29.3 Å². The summed E-state index contributed by atoms with van der Waals surface area (Å²) in [4.78, 5) is 2.25. The third-order valence-corrected chi connectivity index (χ3v) is 3.21. The molecule has 0 spiro atoms. The van der Waals surface area contributed by atoms with E-state index in [1.54, 1.807) is 0 Å². The Labute approximate surface area is 95.0 Å². The highest BCUT2D eigenvalue weighted by Crippen LogP contribution is 2.23. The fourth-order valence-corrected chi connectivity index (χ4v) is 2.23. The third kappa shape index (κ3) is 5.16. The van der Waals surface area contributed by atoms with Gasteiger partial charge in [0.05, 0.1) is 0 Å². The average Bonchev–Trinajstić information content (AvgIpc) is 2.13. The zero-order chi connectivity index (χ0) is 12.2. The summed E-state index contributed by atoms with van der Waals surface area (Å²) in [6.07, 6.45) is -1.88. The van der Waals surface area contributed by atoms with Gasteiger partial charge in [-0.2, -0.15) is 13.2 Å². The molecule has 1 heterocycles. The summed E-state index contributed by atoms with van der Waals surface area (Å²) in [5, 5.41) is 0. The lowest BCUT2D eigenvalue weighted by Gasteiger charge is -2.36. The largest absolute Gasteiger partial charge is 0.389 e. The highest BCUT2D eigenvalue weighted by molar-refractivity contribution is 4.80. The molecule has 1 fully saturated rings. The lowest BCUT2D eigenvalue weighted by molar-refractivity contribution is -0.135. The first-order valence-corrected chi connectivity index (χ1v) is 5.95. The molecule has 5 heteroatoms. The van der Waals surface area contributed by atoms with Gasteiger partial charge in [-0.1, -0.05) is 0 Å². The van der Waals surface area contributed by atoms with E-state index in [0.29, 0.717) is 12.5 Å². The van der Waals surface area contributed by atoms with Gasteiger partial charge >= 0.3 is 6.18 Å². The van der Waals surface area contributed by atoms with E-state index in [-0.39, 0.29) is 12.5 Å². The van der Waals surface area contributed by atoms with Crippen molar-refractivity contribution in [2.45, 2.75) is 57.3 Å². The van der Waals surface area contributed by atoms with Gasteiger partial charge < -0.3 is 10.6 Å². The molecule has 0 aliphatic carbocycles. The standard InChI is InChI=1S/C11H21F3N2/c1-9-8-10(15)4-7-16(9)6-3-2-5-11(12,13)14/h9-10H,2-8,15H2,1H3. The molecular formula is C11H21F3N2. The number of unbranched alkanes of at least 4 members (excludes halogenated alkanes) is 1. The first-order chi connectivity index (χ1) is 7.38. The van der Waals surface area contributed by atoms with Crippen LogP contribution in [0, 0.1) is 0 Å². The van der Waals surface area contributed by atoms with E-state index in [2.05, 4.69) is 11.8 Å². The first kappa shape index (κ1) is 13.8. The second kappa shape index (κ2) is 5.87. The minimum Gasteiger partial charge on any atom is -0.328 e. The number of likely N-dealkylation sites (tertiary alicyclic amines) is 1. The molecule has 2 atom stereocenters. The number of halogens is 3. The smallest absolute Gasteiger partial charge is 0.328 e. The lowest BCUT2D eigenvalue weighted by Crippen LogP contribution is -2.45. The van der Waals surface area contributed by atoms with Crippen molar-refractivity contribution in [2.24, 2.45) is 5.73 Å². The number of alkyl halides is 3. The lowest BCUT2D eigenvalue weighted by atomic mass is 9.99. The number of piperidine rings is 1. The molecule has 2 unspecified atom stereocenters. The maximum Gasteiger partial charge on any atom is 0.389 e. The van der Waals surface area contributed by atoms with Gasteiger partial charge in [0.2, 0.25) is 0 Å². The van der Waals surface area contributed by atoms with Crippen molar-refractivity contribution in [2.75, 3.05) is 13.1 Å². The molecule has 0 radical (unpaired) electrons. The van der Waals surface area contributed by atoms with Crippen LogP contribution in [0.3, 0.4) is 0 Å². The van der Waals surface area contributed by atoms with Crippen LogP contribution < -0.4 is 5.73 Å². The normalized spacial score (nSPS) is 28.3. The van der Waals surface area contributed by atoms with E-state index < -0.39 is 12.6 Å². The van der Waals surface area contributed by atoms with Crippen LogP contribution in [0.1, 0.15) is 39.0 Å². The minimum atomic E-state index is -4.00. The predicted molar refractivity (Wildman–Crippen MR) is 58.2 cm³/mol. The van der Waals surface area contributed by atoms with Gasteiger partial charge in [0.25, 0.3) is 0 Å². The van der Waals surface area contributed by atoms with Crippen molar-refractivity contribution >= 4 is 0 Å². The maximum absolute atomic E-state index is 11.9. The maximum atomic E-state index is 11.9. The predicted octanol–water partition coefficient (Wildman–Crippen LogP) is 2.53. The molecule has 2 nitrogen and oxygen atoms in total. The van der Waals surface area contributed by atoms with Gasteiger partial charge in [-0.05, 0) is 45.7 Å². The Hall–Kier alpha value is -0.290. The number of hydrogen-bond donors (Lipinski definition) is 1. The van der Waals surface area contributed by atoms with Gasteiger partial charge in [0.1, 0.15) is 0 Å². The Morgan fingerprint density at radius 3 is 2.56 bits per heavy atom. The molecule has 0 aromatic heterocycles. The van der Waals surface area contributed by atoms with E-state index in [1.165, 1.54) is 0 Å². The summed E-state index contributed by atoms with van der Waals surface area (Å²) in [5.74, 6) is 0. The van der Waals surface area contributed by atoms with Crippen LogP contribution in [0.15, 0.2) is 0 Å². The summed E-state index contributed by atoms with van der Waals surface area (Å²) in [6, 6.07) is 0.677. The van der Waals surface area contributed by atoms with Crippen LogP contribution in [0.4, 0.5) is 13.2 Å². The first-order valence-electron chi connectivity index (χ1n) is 5.95. The zero-order valence-corrected chi connectivity index (χ0v) is 9.76. The van der Waals surface area contributed by atoms with Crippen molar-refractivity contribution < 1.29 is 13.2 Å². The highest BCUT2D eigenvalue weighted by atomic mass is 19.4. The third-order valence-electron chi connectivity index (χ3n) is 3.21. The van der Waals surface area contributed by atoms with Gasteiger partial charge in [0, 0.05) is 18.5 Å². The van der Waals surface area contributed by atoms with Crippen LogP contribution in [0.5, 0.6) is 0 Å². The van der Waals surface area contributed by atoms with Crippen molar-refractivity contribution in [1.29, 1.82) is 0 Å². The molecule has 16 heavy (non-hydrogen) atoms. The molecule has 0 amide bonds. The molecule has 0 bridgehead atoms. The summed E-state index contributed by atoms with van der Waals surface area (Å²) < 4.78 is 35.8. The van der Waals surface area contributed by atoms with Crippen LogP contribution in [-0.2, 0) is 0 Å². The Morgan fingerprint density at radius 2 is 2.00 bits per heavy atom. The number of hydrogen-bond acceptors (Lipinski definition) is 2. The molecule has 0 saturated carbocycles. The van der Waals surface area contributed by atoms with Gasteiger partial charge in [-0.3, -0.25) is 0 Å². The number of nitrogens with two attached hydrogens (primary N) is 1. The summed E-state index contributed by atoms with van der Waals surface area (Å²) >= 11 is 0. The van der Waals surface area contributed by atoms with Crippen LogP contribution in [-0.4, -0.2) is 36.2 Å². The van der Waals surface area contributed by atoms with E-state index in [4.69, 9.17) is 5.73 Å². The van der Waals surface area contributed by atoms with E-state index >= 15 is 0 Å². The Kier molecular flexibility index (Phi) is 5.05. The van der Waals surface area contributed by atoms with Crippen molar-refractivity contribution in [3.05, 3.63) is 0 Å². The average molecular weight is 238 g/mol. The summed E-state index contributed by atoms with van der Waals surface area (Å²) in [5.41, 5.74) is 5.82. The van der Waals surface area contributed by atoms with Crippen LogP contribution in [0.2, 0.25) is 0 Å². The van der Waals surface area contributed by atoms with Crippen LogP contribution in [0.25, 0.3) is 0 Å². The summed E-state index contributed by atoms with van der Waals surface area (Å²) in [7, 11) is 0. The second-order valence-electron chi connectivity index (χ2n) is 4.74. The molecule has 1 aliphatic rings.